The summed E-state index contributed by atoms with van der Waals surface area (Å²) in [4.78, 5) is 33.7. The Morgan fingerprint density at radius 2 is 1.75 bits per heavy atom. The first-order valence-corrected chi connectivity index (χ1v) is 12.0. The number of amides is 2. The van der Waals surface area contributed by atoms with Crippen LogP contribution in [-0.2, 0) is 25.3 Å². The van der Waals surface area contributed by atoms with Crippen molar-refractivity contribution in [3.63, 3.8) is 0 Å². The molecule has 1 aliphatic rings. The second kappa shape index (κ2) is 11.9. The van der Waals surface area contributed by atoms with Crippen LogP contribution in [0.2, 0.25) is 0 Å². The predicted molar refractivity (Wildman–Crippen MR) is 133 cm³/mol. The van der Waals surface area contributed by atoms with Crippen LogP contribution in [0.25, 0.3) is 0 Å². The fraction of sp³-hybridized carbons (Fsp3) is 0.520. The lowest BCUT2D eigenvalue weighted by molar-refractivity contribution is -0.124. The smallest absolute Gasteiger partial charge is 0.402 e. The van der Waals surface area contributed by atoms with Gasteiger partial charge >= 0.3 is 7.12 Å². The molecule has 1 saturated heterocycles. The molecule has 0 spiro atoms. The van der Waals surface area contributed by atoms with Crippen LogP contribution in [0, 0.1) is 5.82 Å². The summed E-state index contributed by atoms with van der Waals surface area (Å²) in [5.41, 5.74) is -0.0786. The number of nitrogens with one attached hydrogen (secondary N) is 2. The fourth-order valence-electron chi connectivity index (χ4n) is 3.79. The van der Waals surface area contributed by atoms with Gasteiger partial charge in [-0.2, -0.15) is 0 Å². The normalized spacial score (nSPS) is 17.9. The number of methoxy groups -OCH3 is 1. The molecule has 11 heteroatoms. The standard InChI is InChI=1S/C25H34BFN4O5/c1-24(2)25(3,4)36-26(35-24)21(8-6-7-17-9-11-18(27)12-10-17)31-23(33)20(16-34-5)30-22(32)19-15-28-13-14-29-19/h9-15,20-21H,6-8,16H2,1-5H3,(H,30,32)(H,31,33)/t20?,21-/m0/s1. The van der Waals surface area contributed by atoms with Gasteiger partial charge in [0.15, 0.2) is 0 Å². The van der Waals surface area contributed by atoms with Crippen LogP contribution in [0.3, 0.4) is 0 Å². The van der Waals surface area contributed by atoms with Crippen molar-refractivity contribution in [3.05, 3.63) is 59.9 Å². The highest BCUT2D eigenvalue weighted by molar-refractivity contribution is 6.48. The van der Waals surface area contributed by atoms with Crippen LogP contribution in [-0.4, -0.2) is 65.8 Å². The van der Waals surface area contributed by atoms with E-state index in [1.807, 2.05) is 27.7 Å². The van der Waals surface area contributed by atoms with Crippen molar-refractivity contribution in [2.24, 2.45) is 0 Å². The van der Waals surface area contributed by atoms with Crippen LogP contribution >= 0.6 is 0 Å². The van der Waals surface area contributed by atoms with E-state index < -0.39 is 42.1 Å². The number of halogens is 1. The lowest BCUT2D eigenvalue weighted by Crippen LogP contribution is -2.56. The second-order valence-corrected chi connectivity index (χ2v) is 9.83. The summed E-state index contributed by atoms with van der Waals surface area (Å²) in [6.45, 7) is 7.74. The van der Waals surface area contributed by atoms with E-state index in [2.05, 4.69) is 20.6 Å². The van der Waals surface area contributed by atoms with E-state index in [0.717, 1.165) is 5.56 Å². The van der Waals surface area contributed by atoms with Crippen LogP contribution < -0.4 is 10.6 Å². The molecule has 1 aliphatic heterocycles. The fourth-order valence-corrected chi connectivity index (χ4v) is 3.79. The Hall–Kier alpha value is -2.89. The number of aryl methyl sites for hydroxylation is 1. The lowest BCUT2D eigenvalue weighted by atomic mass is 9.75. The topological polar surface area (TPSA) is 112 Å². The Bertz CT molecular complexity index is 1010. The summed E-state index contributed by atoms with van der Waals surface area (Å²) >= 11 is 0. The molecule has 0 bridgehead atoms. The predicted octanol–water partition coefficient (Wildman–Crippen LogP) is 2.50. The van der Waals surface area contributed by atoms with Gasteiger partial charge in [0.2, 0.25) is 5.91 Å². The van der Waals surface area contributed by atoms with Gasteiger partial charge in [-0.3, -0.25) is 14.6 Å². The average molecular weight is 500 g/mol. The highest BCUT2D eigenvalue weighted by Crippen LogP contribution is 2.38. The SMILES string of the molecule is COCC(NC(=O)c1cnccn1)C(=O)N[C@@H](CCCc1ccc(F)cc1)B1OC(C)(C)C(C)(C)O1. The molecule has 2 amide bonds. The van der Waals surface area contributed by atoms with Crippen molar-refractivity contribution in [1.29, 1.82) is 0 Å². The van der Waals surface area contributed by atoms with E-state index in [-0.39, 0.29) is 18.1 Å². The van der Waals surface area contributed by atoms with Crippen LogP contribution in [0.5, 0.6) is 0 Å². The minimum atomic E-state index is -0.966. The minimum Gasteiger partial charge on any atom is -0.402 e. The van der Waals surface area contributed by atoms with Crippen molar-refractivity contribution in [3.8, 4) is 0 Å². The number of benzene rings is 1. The van der Waals surface area contributed by atoms with Gasteiger partial charge < -0.3 is 24.7 Å². The zero-order valence-electron chi connectivity index (χ0n) is 21.4. The molecular formula is C25H34BFN4O5. The van der Waals surface area contributed by atoms with E-state index in [9.17, 15) is 14.0 Å². The van der Waals surface area contributed by atoms with Gasteiger partial charge in [0.1, 0.15) is 17.6 Å². The van der Waals surface area contributed by atoms with Gasteiger partial charge in [0.05, 0.1) is 29.9 Å². The molecule has 36 heavy (non-hydrogen) atoms. The molecule has 1 aromatic carbocycles. The highest BCUT2D eigenvalue weighted by Gasteiger charge is 2.54. The highest BCUT2D eigenvalue weighted by atomic mass is 19.1. The van der Waals surface area contributed by atoms with Crippen molar-refractivity contribution < 1.29 is 28.0 Å². The maximum atomic E-state index is 13.3. The molecule has 3 rings (SSSR count). The van der Waals surface area contributed by atoms with Gasteiger partial charge in [-0.1, -0.05) is 12.1 Å². The number of hydrogen-bond acceptors (Lipinski definition) is 7. The Kier molecular flexibility index (Phi) is 9.16. The van der Waals surface area contributed by atoms with Gasteiger partial charge in [-0.15, -0.1) is 0 Å². The number of nitrogens with zero attached hydrogens (tertiary/aromatic N) is 2. The molecule has 2 aromatic rings. The largest absolute Gasteiger partial charge is 0.481 e. The second-order valence-electron chi connectivity index (χ2n) is 9.83. The number of aromatic nitrogens is 2. The number of ether oxygens (including phenoxy) is 1. The number of carbonyl (C=O) groups is 2. The summed E-state index contributed by atoms with van der Waals surface area (Å²) in [6, 6.07) is 5.38. The minimum absolute atomic E-state index is 0.0382. The number of carbonyl (C=O) groups excluding carboxylic acids is 2. The molecule has 1 fully saturated rings. The van der Waals surface area contributed by atoms with E-state index in [1.165, 1.54) is 37.8 Å². The molecule has 0 saturated carbocycles. The first-order chi connectivity index (χ1) is 17.0. The monoisotopic (exact) mass is 500 g/mol. The summed E-state index contributed by atoms with van der Waals surface area (Å²) in [6.07, 6.45) is 6.10. The summed E-state index contributed by atoms with van der Waals surface area (Å²) in [5.74, 6) is -1.75. The summed E-state index contributed by atoms with van der Waals surface area (Å²) < 4.78 is 30.8. The van der Waals surface area contributed by atoms with Crippen LogP contribution in [0.15, 0.2) is 42.9 Å². The lowest BCUT2D eigenvalue weighted by Gasteiger charge is -2.32. The van der Waals surface area contributed by atoms with Gasteiger partial charge in [0, 0.05) is 19.5 Å². The first-order valence-electron chi connectivity index (χ1n) is 12.0. The third-order valence-electron chi connectivity index (χ3n) is 6.57. The van der Waals surface area contributed by atoms with Crippen molar-refractivity contribution >= 4 is 18.9 Å². The van der Waals surface area contributed by atoms with Crippen LogP contribution in [0.4, 0.5) is 4.39 Å². The summed E-state index contributed by atoms with van der Waals surface area (Å²) in [7, 11) is 0.759. The molecule has 9 nitrogen and oxygen atoms in total. The van der Waals surface area contributed by atoms with E-state index in [1.54, 1.807) is 12.1 Å². The zero-order valence-corrected chi connectivity index (χ0v) is 21.4. The Balaban J connectivity index is 1.71. The molecule has 0 radical (unpaired) electrons. The van der Waals surface area contributed by atoms with Crippen molar-refractivity contribution in [2.75, 3.05) is 13.7 Å². The third kappa shape index (κ3) is 7.08. The van der Waals surface area contributed by atoms with Crippen molar-refractivity contribution in [1.82, 2.24) is 20.6 Å². The molecule has 2 N–H and O–H groups in total. The Labute approximate surface area is 211 Å². The van der Waals surface area contributed by atoms with Gasteiger partial charge in [-0.05, 0) is 64.7 Å². The van der Waals surface area contributed by atoms with E-state index in [0.29, 0.717) is 19.3 Å². The maximum absolute atomic E-state index is 13.3. The van der Waals surface area contributed by atoms with E-state index >= 15 is 0 Å². The molecule has 2 atom stereocenters. The summed E-state index contributed by atoms with van der Waals surface area (Å²) in [5, 5.41) is 5.65. The molecule has 1 unspecified atom stereocenters. The van der Waals surface area contributed by atoms with Gasteiger partial charge in [-0.25, -0.2) is 9.37 Å². The number of hydrogen-bond donors (Lipinski definition) is 2. The maximum Gasteiger partial charge on any atom is 0.481 e. The molecule has 0 aliphatic carbocycles. The average Bonchev–Trinajstić information content (AvgIpc) is 3.06. The zero-order chi connectivity index (χ0) is 26.3. The van der Waals surface area contributed by atoms with Crippen molar-refractivity contribution in [2.45, 2.75) is 70.1 Å². The first kappa shape index (κ1) is 27.7. The quantitative estimate of drug-likeness (QED) is 0.456. The Morgan fingerprint density at radius 3 is 2.33 bits per heavy atom. The number of rotatable bonds is 11. The third-order valence-corrected chi connectivity index (χ3v) is 6.57. The molecule has 1 aromatic heterocycles. The van der Waals surface area contributed by atoms with Gasteiger partial charge in [0.25, 0.3) is 5.91 Å². The Morgan fingerprint density at radius 1 is 1.08 bits per heavy atom. The van der Waals surface area contributed by atoms with Crippen LogP contribution in [0.1, 0.15) is 56.6 Å². The molecule has 2 heterocycles. The molecule has 194 valence electrons. The molecular weight excluding hydrogens is 466 g/mol. The van der Waals surface area contributed by atoms with E-state index in [4.69, 9.17) is 14.0 Å².